The summed E-state index contributed by atoms with van der Waals surface area (Å²) in [6, 6.07) is 67.5. The highest BCUT2D eigenvalue weighted by molar-refractivity contribution is 5.98. The molecule has 52 heavy (non-hydrogen) atoms. The molecular formula is C49H31N3. The van der Waals surface area contributed by atoms with E-state index in [1.54, 1.807) is 0 Å². The van der Waals surface area contributed by atoms with E-state index in [0.29, 0.717) is 11.4 Å². The van der Waals surface area contributed by atoms with Crippen LogP contribution in [-0.4, -0.2) is 9.97 Å². The molecule has 3 heteroatoms. The zero-order chi connectivity index (χ0) is 34.9. The highest BCUT2D eigenvalue weighted by atomic mass is 14.9. The number of nitriles is 1. The summed E-state index contributed by atoms with van der Waals surface area (Å²) in [4.78, 5) is 9.94. The van der Waals surface area contributed by atoms with Crippen molar-refractivity contribution in [3.05, 3.63) is 194 Å². The Bertz CT molecular complexity index is 2720. The van der Waals surface area contributed by atoms with E-state index in [4.69, 9.17) is 9.97 Å². The van der Waals surface area contributed by atoms with Crippen molar-refractivity contribution < 1.29 is 0 Å². The van der Waals surface area contributed by atoms with Crippen molar-refractivity contribution in [3.8, 4) is 73.4 Å². The standard InChI is InChI=1S/C49H31N3/c50-32-33-26-42(30-44(27-33)46-17-9-15-36-10-7-8-16-45(36)46)41-25-21-35-20-24-40(28-43(35)29-41)34-18-22-38(23-19-34)48-31-47(37-11-3-1-4-12-37)51-49(52-48)39-13-5-2-6-14-39/h1-31H. The lowest BCUT2D eigenvalue weighted by Crippen LogP contribution is -1.95. The van der Waals surface area contributed by atoms with Gasteiger partial charge >= 0.3 is 0 Å². The van der Waals surface area contributed by atoms with Gasteiger partial charge in [0.1, 0.15) is 0 Å². The zero-order valence-corrected chi connectivity index (χ0v) is 28.2. The monoisotopic (exact) mass is 661 g/mol. The Kier molecular flexibility index (Phi) is 7.89. The predicted octanol–water partition coefficient (Wildman–Crippen LogP) is 12.7. The van der Waals surface area contributed by atoms with E-state index in [2.05, 4.69) is 133 Å². The maximum Gasteiger partial charge on any atom is 0.160 e. The van der Waals surface area contributed by atoms with Crippen LogP contribution < -0.4 is 0 Å². The van der Waals surface area contributed by atoms with Gasteiger partial charge in [0.25, 0.3) is 0 Å². The van der Waals surface area contributed by atoms with Gasteiger partial charge in [-0.05, 0) is 91.3 Å². The fourth-order valence-corrected chi connectivity index (χ4v) is 7.00. The summed E-state index contributed by atoms with van der Waals surface area (Å²) in [6.45, 7) is 0. The molecule has 0 saturated heterocycles. The fourth-order valence-electron chi connectivity index (χ4n) is 7.00. The summed E-state index contributed by atoms with van der Waals surface area (Å²) >= 11 is 0. The Morgan fingerprint density at radius 1 is 0.346 bits per heavy atom. The molecule has 0 aliphatic rings. The highest BCUT2D eigenvalue weighted by Gasteiger charge is 2.12. The first-order valence-electron chi connectivity index (χ1n) is 17.4. The molecule has 9 rings (SSSR count). The largest absolute Gasteiger partial charge is 0.228 e. The molecule has 1 heterocycles. The van der Waals surface area contributed by atoms with E-state index in [0.717, 1.165) is 72.2 Å². The van der Waals surface area contributed by atoms with Crippen molar-refractivity contribution in [2.75, 3.05) is 0 Å². The number of hydrogen-bond acceptors (Lipinski definition) is 3. The number of benzene rings is 8. The number of rotatable bonds is 6. The topological polar surface area (TPSA) is 49.6 Å². The Morgan fingerprint density at radius 3 is 1.62 bits per heavy atom. The van der Waals surface area contributed by atoms with Crippen LogP contribution in [0.4, 0.5) is 0 Å². The van der Waals surface area contributed by atoms with Gasteiger partial charge in [-0.15, -0.1) is 0 Å². The van der Waals surface area contributed by atoms with E-state index in [9.17, 15) is 5.26 Å². The van der Waals surface area contributed by atoms with Gasteiger partial charge in [-0.1, -0.05) is 152 Å². The van der Waals surface area contributed by atoms with Crippen LogP contribution in [0.25, 0.3) is 88.8 Å². The fraction of sp³-hybridized carbons (Fsp3) is 0. The lowest BCUT2D eigenvalue weighted by molar-refractivity contribution is 1.18. The Hall–Kier alpha value is -7.15. The average Bonchev–Trinajstić information content (AvgIpc) is 3.23. The second-order valence-electron chi connectivity index (χ2n) is 13.0. The first kappa shape index (κ1) is 30.9. The summed E-state index contributed by atoms with van der Waals surface area (Å²) in [5.41, 5.74) is 12.0. The minimum Gasteiger partial charge on any atom is -0.228 e. The molecule has 0 unspecified atom stereocenters. The molecule has 1 aromatic heterocycles. The lowest BCUT2D eigenvalue weighted by atomic mass is 9.92. The van der Waals surface area contributed by atoms with Gasteiger partial charge in [0.2, 0.25) is 0 Å². The minimum absolute atomic E-state index is 0.643. The Balaban J connectivity index is 1.07. The van der Waals surface area contributed by atoms with Crippen LogP contribution in [0.15, 0.2) is 188 Å². The molecule has 0 bridgehead atoms. The summed E-state index contributed by atoms with van der Waals surface area (Å²) < 4.78 is 0. The molecule has 9 aromatic rings. The third-order valence-corrected chi connectivity index (χ3v) is 9.68. The molecule has 0 atom stereocenters. The van der Waals surface area contributed by atoms with Gasteiger partial charge in [-0.3, -0.25) is 0 Å². The SMILES string of the molecule is N#Cc1cc(-c2ccc3ccc(-c4ccc(-c5cc(-c6ccccc6)nc(-c6ccccc6)n5)cc4)cc3c2)cc(-c2cccc3ccccc23)c1. The van der Waals surface area contributed by atoms with Gasteiger partial charge in [0.05, 0.1) is 23.0 Å². The Morgan fingerprint density at radius 2 is 0.904 bits per heavy atom. The number of hydrogen-bond donors (Lipinski definition) is 0. The predicted molar refractivity (Wildman–Crippen MR) is 214 cm³/mol. The summed E-state index contributed by atoms with van der Waals surface area (Å²) in [5, 5.41) is 14.7. The average molecular weight is 662 g/mol. The van der Waals surface area contributed by atoms with Crippen LogP contribution in [-0.2, 0) is 0 Å². The molecular weight excluding hydrogens is 631 g/mol. The third-order valence-electron chi connectivity index (χ3n) is 9.68. The molecule has 0 aliphatic heterocycles. The quantitative estimate of drug-likeness (QED) is 0.178. The molecule has 0 N–H and O–H groups in total. The number of nitrogens with zero attached hydrogens (tertiary/aromatic N) is 3. The lowest BCUT2D eigenvalue weighted by Gasteiger charge is -2.12. The van der Waals surface area contributed by atoms with Gasteiger partial charge in [0.15, 0.2) is 5.82 Å². The summed E-state index contributed by atoms with van der Waals surface area (Å²) in [5.74, 6) is 0.705. The van der Waals surface area contributed by atoms with Gasteiger partial charge in [0, 0.05) is 16.7 Å². The van der Waals surface area contributed by atoms with Crippen LogP contribution in [0.1, 0.15) is 5.56 Å². The zero-order valence-electron chi connectivity index (χ0n) is 28.2. The molecule has 0 saturated carbocycles. The van der Waals surface area contributed by atoms with Crippen molar-refractivity contribution in [1.29, 1.82) is 5.26 Å². The minimum atomic E-state index is 0.643. The van der Waals surface area contributed by atoms with Crippen molar-refractivity contribution in [3.63, 3.8) is 0 Å². The van der Waals surface area contributed by atoms with Crippen LogP contribution in [0, 0.1) is 11.3 Å². The smallest absolute Gasteiger partial charge is 0.160 e. The van der Waals surface area contributed by atoms with E-state index < -0.39 is 0 Å². The van der Waals surface area contributed by atoms with Crippen molar-refractivity contribution in [2.45, 2.75) is 0 Å². The molecule has 242 valence electrons. The summed E-state index contributed by atoms with van der Waals surface area (Å²) in [7, 11) is 0. The Labute approximate surface area is 302 Å². The van der Waals surface area contributed by atoms with Gasteiger partial charge in [-0.25, -0.2) is 9.97 Å². The normalized spacial score (nSPS) is 11.1. The van der Waals surface area contributed by atoms with Gasteiger partial charge < -0.3 is 0 Å². The molecule has 0 aliphatic carbocycles. The van der Waals surface area contributed by atoms with E-state index in [1.807, 2.05) is 60.7 Å². The van der Waals surface area contributed by atoms with Crippen molar-refractivity contribution in [1.82, 2.24) is 9.97 Å². The summed E-state index contributed by atoms with van der Waals surface area (Å²) in [6.07, 6.45) is 0. The maximum atomic E-state index is 9.99. The number of fused-ring (bicyclic) bond motifs is 2. The first-order chi connectivity index (χ1) is 25.7. The number of aromatic nitrogens is 2. The van der Waals surface area contributed by atoms with E-state index >= 15 is 0 Å². The van der Waals surface area contributed by atoms with Gasteiger partial charge in [-0.2, -0.15) is 5.26 Å². The van der Waals surface area contributed by atoms with Crippen LogP contribution in [0.5, 0.6) is 0 Å². The van der Waals surface area contributed by atoms with E-state index in [-0.39, 0.29) is 0 Å². The molecule has 0 radical (unpaired) electrons. The van der Waals surface area contributed by atoms with Crippen molar-refractivity contribution >= 4 is 21.5 Å². The van der Waals surface area contributed by atoms with E-state index in [1.165, 1.54) is 10.8 Å². The maximum absolute atomic E-state index is 9.99. The van der Waals surface area contributed by atoms with Crippen molar-refractivity contribution in [2.24, 2.45) is 0 Å². The molecule has 8 aromatic carbocycles. The second kappa shape index (κ2) is 13.3. The molecule has 0 fully saturated rings. The van der Waals surface area contributed by atoms with Crippen LogP contribution in [0.2, 0.25) is 0 Å². The molecule has 3 nitrogen and oxygen atoms in total. The second-order valence-corrected chi connectivity index (χ2v) is 13.0. The third kappa shape index (κ3) is 6.00. The first-order valence-corrected chi connectivity index (χ1v) is 17.4. The van der Waals surface area contributed by atoms with Crippen LogP contribution in [0.3, 0.4) is 0 Å². The highest BCUT2D eigenvalue weighted by Crippen LogP contribution is 2.35. The van der Waals surface area contributed by atoms with Crippen LogP contribution >= 0.6 is 0 Å². The molecule has 0 amide bonds. The molecule has 0 spiro atoms.